The molecule has 20 heavy (non-hydrogen) atoms. The van der Waals surface area contributed by atoms with Gasteiger partial charge in [0, 0.05) is 0 Å². The number of hydrogen-bond acceptors (Lipinski definition) is 8. The van der Waals surface area contributed by atoms with Crippen LogP contribution >= 0.6 is 11.3 Å². The van der Waals surface area contributed by atoms with Crippen molar-refractivity contribution in [3.8, 4) is 0 Å². The maximum atomic E-state index is 12.6. The van der Waals surface area contributed by atoms with E-state index in [0.717, 1.165) is 0 Å². The maximum Gasteiger partial charge on any atom is 0.421 e. The number of hydrogen-bond donors (Lipinski definition) is 0. The van der Waals surface area contributed by atoms with Crippen molar-refractivity contribution in [1.29, 1.82) is 0 Å². The van der Waals surface area contributed by atoms with E-state index in [1.165, 1.54) is 6.92 Å². The number of nitrogens with zero attached hydrogens (tertiary/aromatic N) is 3. The van der Waals surface area contributed by atoms with Crippen LogP contribution in [0.15, 0.2) is 0 Å². The maximum absolute atomic E-state index is 12.6. The molecule has 13 heteroatoms. The van der Waals surface area contributed by atoms with Crippen LogP contribution in [0, 0.1) is 27.2 Å². The Hall–Kier alpha value is -2.18. The molecule has 0 fully saturated rings. The summed E-state index contributed by atoms with van der Waals surface area (Å²) < 4.78 is 37.9. The molecule has 1 atom stereocenters. The molecule has 0 aromatic carbocycles. The molecular formula is C7H6F3N3O6S. The number of aromatic nitrogens is 1. The third-order valence-electron chi connectivity index (χ3n) is 1.92. The van der Waals surface area contributed by atoms with Crippen molar-refractivity contribution >= 4 is 11.3 Å². The molecule has 1 aromatic rings. The average Bonchev–Trinajstić information content (AvgIpc) is 2.62. The normalized spacial score (nSPS) is 12.8. The van der Waals surface area contributed by atoms with E-state index in [0.29, 0.717) is 11.3 Å². The van der Waals surface area contributed by atoms with E-state index >= 15 is 0 Å². The summed E-state index contributed by atoms with van der Waals surface area (Å²) in [7, 11) is 0. The van der Waals surface area contributed by atoms with Gasteiger partial charge >= 0.3 is 6.18 Å². The molecule has 112 valence electrons. The summed E-state index contributed by atoms with van der Waals surface area (Å²) >= 11 is 0.388. The third kappa shape index (κ3) is 4.18. The summed E-state index contributed by atoms with van der Waals surface area (Å²) in [6.45, 7) is 0.692. The van der Waals surface area contributed by atoms with Crippen molar-refractivity contribution in [2.24, 2.45) is 0 Å². The topological polar surface area (TPSA) is 118 Å². The second-order valence-corrected chi connectivity index (χ2v) is 4.42. The predicted molar refractivity (Wildman–Crippen MR) is 55.5 cm³/mol. The minimum absolute atomic E-state index is 0.0352. The molecule has 0 aliphatic carbocycles. The number of thiazole rings is 1. The smallest absolute Gasteiger partial charge is 0.308 e. The highest BCUT2D eigenvalue weighted by molar-refractivity contribution is 7.11. The van der Waals surface area contributed by atoms with E-state index in [9.17, 15) is 33.4 Å². The van der Waals surface area contributed by atoms with Crippen LogP contribution in [0.1, 0.15) is 21.7 Å². The van der Waals surface area contributed by atoms with E-state index in [1.807, 2.05) is 0 Å². The molecule has 0 bridgehead atoms. The number of halogens is 3. The molecule has 0 aliphatic rings. The fourth-order valence-corrected chi connectivity index (χ4v) is 2.16. The lowest BCUT2D eigenvalue weighted by Crippen LogP contribution is -2.25. The quantitative estimate of drug-likeness (QED) is 0.581. The van der Waals surface area contributed by atoms with Gasteiger partial charge in [0.1, 0.15) is 11.6 Å². The summed E-state index contributed by atoms with van der Waals surface area (Å²) in [4.78, 5) is 31.2. The number of rotatable bonds is 6. The lowest BCUT2D eigenvalue weighted by atomic mass is 10.3. The van der Waals surface area contributed by atoms with Gasteiger partial charge in [-0.25, -0.2) is 4.98 Å². The first-order valence-corrected chi connectivity index (χ1v) is 5.54. The number of aryl methyl sites for hydroxylation is 1. The molecule has 9 nitrogen and oxygen atoms in total. The molecule has 0 saturated heterocycles. The van der Waals surface area contributed by atoms with Gasteiger partial charge in [-0.1, -0.05) is 0 Å². The lowest BCUT2D eigenvalue weighted by molar-refractivity contribution is -0.778. The van der Waals surface area contributed by atoms with Crippen molar-refractivity contribution < 1.29 is 33.0 Å². The summed E-state index contributed by atoms with van der Waals surface area (Å²) in [5.41, 5.74) is 0.0352. The molecule has 1 aromatic heterocycles. The first kappa shape index (κ1) is 15.9. The van der Waals surface area contributed by atoms with E-state index in [2.05, 4.69) is 14.7 Å². The minimum Gasteiger partial charge on any atom is -0.308 e. The molecule has 1 rings (SSSR count). The Morgan fingerprint density at radius 3 is 2.40 bits per heavy atom. The van der Waals surface area contributed by atoms with Gasteiger partial charge in [0.2, 0.25) is 0 Å². The summed E-state index contributed by atoms with van der Waals surface area (Å²) in [5.74, 6) is 0. The molecule has 1 unspecified atom stereocenters. The van der Waals surface area contributed by atoms with Crippen LogP contribution in [0.4, 0.5) is 13.2 Å². The van der Waals surface area contributed by atoms with Crippen LogP contribution in [0.5, 0.6) is 0 Å². The van der Waals surface area contributed by atoms with Gasteiger partial charge in [-0.15, -0.1) is 31.6 Å². The fraction of sp³-hybridized carbons (Fsp3) is 0.571. The van der Waals surface area contributed by atoms with Gasteiger partial charge in [0.15, 0.2) is 0 Å². The van der Waals surface area contributed by atoms with Gasteiger partial charge < -0.3 is 4.84 Å². The van der Waals surface area contributed by atoms with E-state index in [1.54, 1.807) is 0 Å². The molecule has 0 spiro atoms. The standard InChI is InChI=1S/C7H6F3N3O6S/c1-3-4(2-18-12(14)15)20-6(11-3)5(7(8,9)10)19-13(16)17/h5H,2H2,1H3. The van der Waals surface area contributed by atoms with Crippen LogP contribution < -0.4 is 0 Å². The Balaban J connectivity index is 3.00. The molecule has 0 radical (unpaired) electrons. The Bertz CT molecular complexity index is 518. The summed E-state index contributed by atoms with van der Waals surface area (Å²) in [5, 5.41) is 16.7. The number of alkyl halides is 3. The van der Waals surface area contributed by atoms with Gasteiger partial charge in [0.25, 0.3) is 16.3 Å². The Morgan fingerprint density at radius 1 is 1.35 bits per heavy atom. The van der Waals surface area contributed by atoms with Crippen LogP contribution in [-0.2, 0) is 16.3 Å². The SMILES string of the molecule is Cc1nc(C(O[N+](=O)[O-])C(F)(F)F)sc1CO[N+](=O)[O-]. The highest BCUT2D eigenvalue weighted by Gasteiger charge is 2.46. The Morgan fingerprint density at radius 2 is 1.95 bits per heavy atom. The van der Waals surface area contributed by atoms with Crippen molar-refractivity contribution in [2.75, 3.05) is 0 Å². The van der Waals surface area contributed by atoms with Crippen molar-refractivity contribution in [3.05, 3.63) is 35.8 Å². The molecule has 0 amide bonds. The molecule has 1 heterocycles. The monoisotopic (exact) mass is 317 g/mol. The summed E-state index contributed by atoms with van der Waals surface area (Å²) in [6, 6.07) is 0. The van der Waals surface area contributed by atoms with E-state index in [4.69, 9.17) is 0 Å². The van der Waals surface area contributed by atoms with Crippen molar-refractivity contribution in [3.63, 3.8) is 0 Å². The van der Waals surface area contributed by atoms with Gasteiger partial charge in [-0.3, -0.25) is 4.84 Å². The minimum atomic E-state index is -5.04. The Labute approximate surface area is 112 Å². The van der Waals surface area contributed by atoms with Gasteiger partial charge in [-0.05, 0) is 6.92 Å². The predicted octanol–water partition coefficient (Wildman–Crippen LogP) is 1.97. The highest BCUT2D eigenvalue weighted by Crippen LogP contribution is 2.38. The van der Waals surface area contributed by atoms with E-state index in [-0.39, 0.29) is 10.6 Å². The molecule has 0 saturated carbocycles. The van der Waals surface area contributed by atoms with Gasteiger partial charge in [0.05, 0.1) is 10.6 Å². The highest BCUT2D eigenvalue weighted by atomic mass is 32.1. The van der Waals surface area contributed by atoms with Crippen LogP contribution in [0.3, 0.4) is 0 Å². The molecule has 0 N–H and O–H groups in total. The second kappa shape index (κ2) is 5.85. The Kier molecular flexibility index (Phi) is 4.65. The van der Waals surface area contributed by atoms with E-state index < -0.39 is 34.1 Å². The fourth-order valence-electron chi connectivity index (χ4n) is 1.14. The zero-order chi connectivity index (χ0) is 15.5. The largest absolute Gasteiger partial charge is 0.421 e. The zero-order valence-electron chi connectivity index (χ0n) is 9.62. The summed E-state index contributed by atoms with van der Waals surface area (Å²) in [6.07, 6.45) is -7.89. The first-order chi connectivity index (χ1) is 9.11. The second-order valence-electron chi connectivity index (χ2n) is 3.31. The van der Waals surface area contributed by atoms with Crippen molar-refractivity contribution in [1.82, 2.24) is 4.98 Å². The average molecular weight is 317 g/mol. The van der Waals surface area contributed by atoms with Crippen LogP contribution in [0.2, 0.25) is 0 Å². The zero-order valence-corrected chi connectivity index (χ0v) is 10.4. The first-order valence-electron chi connectivity index (χ1n) is 4.72. The molecule has 0 aliphatic heterocycles. The molecular weight excluding hydrogens is 311 g/mol. The van der Waals surface area contributed by atoms with Crippen LogP contribution in [0.25, 0.3) is 0 Å². The van der Waals surface area contributed by atoms with Gasteiger partial charge in [-0.2, -0.15) is 13.2 Å². The van der Waals surface area contributed by atoms with Crippen molar-refractivity contribution in [2.45, 2.75) is 25.8 Å². The lowest BCUT2D eigenvalue weighted by Gasteiger charge is -2.15. The van der Waals surface area contributed by atoms with Crippen LogP contribution in [-0.4, -0.2) is 21.3 Å². The third-order valence-corrected chi connectivity index (χ3v) is 3.10.